The fourth-order valence-corrected chi connectivity index (χ4v) is 4.99. The minimum atomic E-state index is -0.0949. The highest BCUT2D eigenvalue weighted by molar-refractivity contribution is 5.97. The van der Waals surface area contributed by atoms with Crippen molar-refractivity contribution >= 4 is 5.91 Å². The second kappa shape index (κ2) is 6.97. The second-order valence-electron chi connectivity index (χ2n) is 8.42. The quantitative estimate of drug-likeness (QED) is 0.663. The van der Waals surface area contributed by atoms with Crippen molar-refractivity contribution in [3.8, 4) is 0 Å². The van der Waals surface area contributed by atoms with Gasteiger partial charge >= 0.3 is 5.69 Å². The number of fused-ring (bicyclic) bond motifs is 3. The Morgan fingerprint density at radius 1 is 1.10 bits per heavy atom. The van der Waals surface area contributed by atoms with Gasteiger partial charge in [0, 0.05) is 31.7 Å². The molecule has 2 aliphatic heterocycles. The molecule has 4 heterocycles. The number of carbonyl (C=O) groups excluding carboxylic acids is 1. The number of hydrogen-bond donors (Lipinski definition) is 0. The number of carbonyl (C=O) groups is 1. The maximum Gasteiger partial charge on any atom is 0.346 e. The van der Waals surface area contributed by atoms with Crippen molar-refractivity contribution in [2.24, 2.45) is 7.05 Å². The van der Waals surface area contributed by atoms with Crippen LogP contribution in [0.1, 0.15) is 46.0 Å². The summed E-state index contributed by atoms with van der Waals surface area (Å²) < 4.78 is 5.09. The first-order valence-electron chi connectivity index (χ1n) is 10.5. The highest BCUT2D eigenvalue weighted by Gasteiger charge is 2.42. The molecule has 1 fully saturated rings. The van der Waals surface area contributed by atoms with E-state index in [1.54, 1.807) is 13.9 Å². The smallest absolute Gasteiger partial charge is 0.330 e. The number of aromatic nitrogens is 5. The van der Waals surface area contributed by atoms with Crippen molar-refractivity contribution in [2.75, 3.05) is 0 Å². The molecule has 2 atom stereocenters. The summed E-state index contributed by atoms with van der Waals surface area (Å²) >= 11 is 0. The predicted molar refractivity (Wildman–Crippen MR) is 111 cm³/mol. The molecule has 5 rings (SSSR count). The number of amides is 1. The Kier molecular flexibility index (Phi) is 4.38. The largest absolute Gasteiger partial charge is 0.346 e. The van der Waals surface area contributed by atoms with Gasteiger partial charge < -0.3 is 4.90 Å². The number of nitrogens with zero attached hydrogens (tertiary/aromatic N) is 6. The summed E-state index contributed by atoms with van der Waals surface area (Å²) in [5.74, 6) is 0.807. The van der Waals surface area contributed by atoms with Gasteiger partial charge in [0.15, 0.2) is 0 Å². The second-order valence-corrected chi connectivity index (χ2v) is 8.42. The summed E-state index contributed by atoms with van der Waals surface area (Å²) in [7, 11) is 1.86. The van der Waals surface area contributed by atoms with Gasteiger partial charge in [0.25, 0.3) is 5.91 Å². The summed E-state index contributed by atoms with van der Waals surface area (Å²) in [6.07, 6.45) is 2.45. The van der Waals surface area contributed by atoms with E-state index in [1.807, 2.05) is 56.1 Å². The lowest BCUT2D eigenvalue weighted by Crippen LogP contribution is -2.43. The predicted octanol–water partition coefficient (Wildman–Crippen LogP) is 1.67. The summed E-state index contributed by atoms with van der Waals surface area (Å²) in [6, 6.07) is 9.97. The molecule has 0 aliphatic carbocycles. The van der Waals surface area contributed by atoms with E-state index in [0.717, 1.165) is 35.6 Å². The van der Waals surface area contributed by atoms with Crippen molar-refractivity contribution in [3.63, 3.8) is 0 Å². The molecule has 30 heavy (non-hydrogen) atoms. The SMILES string of the molecule is Cc1nn(C)c(C)c1C(=O)N1C2CCC1Cn1c(nn(Cc3ccccc3)c1=O)C2. The summed E-state index contributed by atoms with van der Waals surface area (Å²) in [5.41, 5.74) is 3.28. The van der Waals surface area contributed by atoms with Gasteiger partial charge in [0.2, 0.25) is 0 Å². The topological polar surface area (TPSA) is 78.0 Å². The zero-order chi connectivity index (χ0) is 21.0. The maximum atomic E-state index is 13.5. The normalized spacial score (nSPS) is 20.3. The number of aryl methyl sites for hydroxylation is 2. The molecule has 2 bridgehead atoms. The molecule has 2 aliphatic rings. The fraction of sp³-hybridized carbons (Fsp3) is 0.455. The molecule has 0 N–H and O–H groups in total. The Morgan fingerprint density at radius 3 is 2.53 bits per heavy atom. The first-order chi connectivity index (χ1) is 14.4. The molecule has 8 nitrogen and oxygen atoms in total. The van der Waals surface area contributed by atoms with Crippen molar-refractivity contribution in [1.29, 1.82) is 0 Å². The van der Waals surface area contributed by atoms with Crippen LogP contribution < -0.4 is 5.69 Å². The van der Waals surface area contributed by atoms with E-state index in [0.29, 0.717) is 25.1 Å². The number of benzene rings is 1. The highest BCUT2D eigenvalue weighted by atomic mass is 16.2. The zero-order valence-corrected chi connectivity index (χ0v) is 17.6. The van der Waals surface area contributed by atoms with Gasteiger partial charge in [-0.1, -0.05) is 30.3 Å². The maximum absolute atomic E-state index is 13.5. The lowest BCUT2D eigenvalue weighted by atomic mass is 10.1. The van der Waals surface area contributed by atoms with Gasteiger partial charge in [-0.05, 0) is 32.3 Å². The Balaban J connectivity index is 1.45. The fourth-order valence-electron chi connectivity index (χ4n) is 4.99. The third-order valence-corrected chi connectivity index (χ3v) is 6.56. The van der Waals surface area contributed by atoms with Gasteiger partial charge in [-0.15, -0.1) is 0 Å². The third kappa shape index (κ3) is 2.89. The van der Waals surface area contributed by atoms with E-state index in [-0.39, 0.29) is 23.7 Å². The van der Waals surface area contributed by atoms with Crippen molar-refractivity contribution in [1.82, 2.24) is 29.0 Å². The van der Waals surface area contributed by atoms with Crippen LogP contribution in [0.3, 0.4) is 0 Å². The molecule has 1 saturated heterocycles. The zero-order valence-electron chi connectivity index (χ0n) is 17.6. The lowest BCUT2D eigenvalue weighted by molar-refractivity contribution is 0.0663. The number of rotatable bonds is 3. The molecule has 0 saturated carbocycles. The molecule has 0 radical (unpaired) electrons. The minimum Gasteiger partial charge on any atom is -0.330 e. The van der Waals surface area contributed by atoms with Crippen LogP contribution in [0.25, 0.3) is 0 Å². The molecule has 0 spiro atoms. The Labute approximate surface area is 174 Å². The van der Waals surface area contributed by atoms with Gasteiger partial charge in [-0.3, -0.25) is 14.0 Å². The van der Waals surface area contributed by atoms with Crippen molar-refractivity contribution in [3.05, 3.63) is 69.2 Å². The Bertz CT molecular complexity index is 1170. The van der Waals surface area contributed by atoms with Gasteiger partial charge in [-0.25, -0.2) is 9.48 Å². The third-order valence-electron chi connectivity index (χ3n) is 6.56. The molecular formula is C22H26N6O2. The molecule has 2 aromatic heterocycles. The summed E-state index contributed by atoms with van der Waals surface area (Å²) in [4.78, 5) is 28.5. The van der Waals surface area contributed by atoms with Crippen LogP contribution in [0.15, 0.2) is 35.1 Å². The Hall–Kier alpha value is -3.16. The van der Waals surface area contributed by atoms with E-state index in [1.165, 1.54) is 0 Å². The van der Waals surface area contributed by atoms with Crippen LogP contribution in [0, 0.1) is 13.8 Å². The monoisotopic (exact) mass is 406 g/mol. The van der Waals surface area contributed by atoms with Crippen LogP contribution in [0.4, 0.5) is 0 Å². The van der Waals surface area contributed by atoms with Gasteiger partial charge in [-0.2, -0.15) is 10.2 Å². The van der Waals surface area contributed by atoms with Crippen molar-refractivity contribution in [2.45, 2.75) is 58.3 Å². The van der Waals surface area contributed by atoms with E-state index >= 15 is 0 Å². The van der Waals surface area contributed by atoms with Crippen LogP contribution in [0.2, 0.25) is 0 Å². The molecule has 8 heteroatoms. The van der Waals surface area contributed by atoms with E-state index in [9.17, 15) is 9.59 Å². The molecule has 1 aromatic carbocycles. The Morgan fingerprint density at radius 2 is 1.83 bits per heavy atom. The van der Waals surface area contributed by atoms with Crippen LogP contribution >= 0.6 is 0 Å². The molecule has 1 amide bonds. The average Bonchev–Trinajstić information content (AvgIpc) is 3.27. The van der Waals surface area contributed by atoms with Crippen LogP contribution in [0.5, 0.6) is 0 Å². The summed E-state index contributed by atoms with van der Waals surface area (Å²) in [6.45, 7) is 4.78. The van der Waals surface area contributed by atoms with Gasteiger partial charge in [0.1, 0.15) is 5.82 Å². The number of hydrogen-bond acceptors (Lipinski definition) is 4. The first kappa shape index (κ1) is 18.8. The highest BCUT2D eigenvalue weighted by Crippen LogP contribution is 2.32. The van der Waals surface area contributed by atoms with E-state index < -0.39 is 0 Å². The van der Waals surface area contributed by atoms with E-state index in [2.05, 4.69) is 10.2 Å². The van der Waals surface area contributed by atoms with Crippen LogP contribution in [-0.4, -0.2) is 47.0 Å². The summed E-state index contributed by atoms with van der Waals surface area (Å²) in [5, 5.41) is 9.06. The van der Waals surface area contributed by atoms with Crippen molar-refractivity contribution < 1.29 is 4.79 Å². The van der Waals surface area contributed by atoms with Crippen LogP contribution in [-0.2, 0) is 26.6 Å². The molecule has 156 valence electrons. The molecule has 2 unspecified atom stereocenters. The average molecular weight is 406 g/mol. The molecular weight excluding hydrogens is 380 g/mol. The lowest BCUT2D eigenvalue weighted by Gasteiger charge is -2.28. The standard InChI is InChI=1S/C22H26N6O2/c1-14-20(15(2)25(3)23-14)21(29)28-17-9-10-18(28)13-26-19(11-17)24-27(22(26)30)12-16-7-5-4-6-8-16/h4-8,17-18H,9-13H2,1-3H3. The van der Waals surface area contributed by atoms with E-state index in [4.69, 9.17) is 0 Å². The first-order valence-corrected chi connectivity index (χ1v) is 10.5. The van der Waals surface area contributed by atoms with Gasteiger partial charge in [0.05, 0.1) is 23.8 Å². The molecule has 3 aromatic rings. The minimum absolute atomic E-state index is 0.00910.